The summed E-state index contributed by atoms with van der Waals surface area (Å²) in [5.74, 6) is 0.253. The van der Waals surface area contributed by atoms with Crippen LogP contribution >= 0.6 is 11.6 Å². The quantitative estimate of drug-likeness (QED) is 0.909. The predicted octanol–water partition coefficient (Wildman–Crippen LogP) is 2.86. The highest BCUT2D eigenvalue weighted by atomic mass is 35.5. The fourth-order valence-electron chi connectivity index (χ4n) is 2.38. The fraction of sp³-hybridized carbons (Fsp3) is 0.500. The van der Waals surface area contributed by atoms with Crippen LogP contribution in [-0.4, -0.2) is 24.9 Å². The molecule has 21 heavy (non-hydrogen) atoms. The van der Waals surface area contributed by atoms with E-state index in [0.29, 0.717) is 24.0 Å². The van der Waals surface area contributed by atoms with Crippen LogP contribution in [0.4, 0.5) is 5.69 Å². The summed E-state index contributed by atoms with van der Waals surface area (Å²) in [6, 6.07) is 7.11. The highest BCUT2D eigenvalue weighted by Crippen LogP contribution is 2.26. The molecule has 0 saturated carbocycles. The first-order valence-electron chi connectivity index (χ1n) is 7.31. The molecule has 2 amide bonds. The van der Waals surface area contributed by atoms with Gasteiger partial charge in [0.1, 0.15) is 0 Å². The van der Waals surface area contributed by atoms with Gasteiger partial charge < -0.3 is 10.2 Å². The average Bonchev–Trinajstić information content (AvgIpc) is 2.81. The van der Waals surface area contributed by atoms with Crippen LogP contribution < -0.4 is 10.2 Å². The van der Waals surface area contributed by atoms with Gasteiger partial charge in [0.2, 0.25) is 11.8 Å². The molecule has 1 atom stereocenters. The van der Waals surface area contributed by atoms with Crippen molar-refractivity contribution in [3.8, 4) is 0 Å². The van der Waals surface area contributed by atoms with Gasteiger partial charge in [-0.1, -0.05) is 25.4 Å². The van der Waals surface area contributed by atoms with E-state index in [9.17, 15) is 9.59 Å². The monoisotopic (exact) mass is 308 g/mol. The SMILES string of the molecule is CC(C)CCNC(=O)[C@@H]1CC(=O)N(c2ccc(Cl)cc2)C1. The van der Waals surface area contributed by atoms with Gasteiger partial charge in [-0.25, -0.2) is 0 Å². The minimum Gasteiger partial charge on any atom is -0.356 e. The summed E-state index contributed by atoms with van der Waals surface area (Å²) < 4.78 is 0. The number of rotatable bonds is 5. The number of carbonyl (C=O) groups is 2. The Labute approximate surface area is 130 Å². The lowest BCUT2D eigenvalue weighted by molar-refractivity contribution is -0.126. The van der Waals surface area contributed by atoms with Crippen molar-refractivity contribution in [3.05, 3.63) is 29.3 Å². The third-order valence-electron chi connectivity index (χ3n) is 3.66. The first kappa shape index (κ1) is 15.8. The van der Waals surface area contributed by atoms with Crippen LogP contribution in [-0.2, 0) is 9.59 Å². The summed E-state index contributed by atoms with van der Waals surface area (Å²) in [4.78, 5) is 25.8. The molecule has 1 aromatic rings. The molecule has 1 aromatic carbocycles. The number of halogens is 1. The Morgan fingerprint density at radius 1 is 1.38 bits per heavy atom. The van der Waals surface area contributed by atoms with E-state index >= 15 is 0 Å². The number of nitrogens with zero attached hydrogens (tertiary/aromatic N) is 1. The zero-order valence-electron chi connectivity index (χ0n) is 12.4. The lowest BCUT2D eigenvalue weighted by atomic mass is 10.1. The second-order valence-corrected chi connectivity index (χ2v) is 6.29. The standard InChI is InChI=1S/C16H21ClN2O2/c1-11(2)7-8-18-16(21)12-9-15(20)19(10-12)14-5-3-13(17)4-6-14/h3-6,11-12H,7-10H2,1-2H3,(H,18,21)/t12-/m1/s1. The van der Waals surface area contributed by atoms with E-state index < -0.39 is 0 Å². The third-order valence-corrected chi connectivity index (χ3v) is 3.91. The number of carbonyl (C=O) groups excluding carboxylic acids is 2. The van der Waals surface area contributed by atoms with Crippen LogP contribution in [0.3, 0.4) is 0 Å². The maximum atomic E-state index is 12.1. The number of amides is 2. The van der Waals surface area contributed by atoms with Crippen molar-refractivity contribution in [3.63, 3.8) is 0 Å². The number of anilines is 1. The summed E-state index contributed by atoms with van der Waals surface area (Å²) in [6.45, 7) is 5.34. The van der Waals surface area contributed by atoms with Crippen LogP contribution in [0, 0.1) is 11.8 Å². The van der Waals surface area contributed by atoms with Crippen LogP contribution in [0.1, 0.15) is 26.7 Å². The minimum atomic E-state index is -0.264. The smallest absolute Gasteiger partial charge is 0.227 e. The molecule has 114 valence electrons. The van der Waals surface area contributed by atoms with Gasteiger partial charge in [-0.2, -0.15) is 0 Å². The van der Waals surface area contributed by atoms with E-state index in [4.69, 9.17) is 11.6 Å². The van der Waals surface area contributed by atoms with Crippen molar-refractivity contribution in [1.82, 2.24) is 5.32 Å². The first-order valence-corrected chi connectivity index (χ1v) is 7.69. The van der Waals surface area contributed by atoms with E-state index in [2.05, 4.69) is 19.2 Å². The Hall–Kier alpha value is -1.55. The first-order chi connectivity index (χ1) is 9.97. The van der Waals surface area contributed by atoms with Crippen molar-refractivity contribution in [1.29, 1.82) is 0 Å². The maximum absolute atomic E-state index is 12.1. The summed E-state index contributed by atoms with van der Waals surface area (Å²) in [6.07, 6.45) is 1.23. The van der Waals surface area contributed by atoms with E-state index in [1.807, 2.05) is 0 Å². The lowest BCUT2D eigenvalue weighted by Crippen LogP contribution is -2.33. The summed E-state index contributed by atoms with van der Waals surface area (Å²) in [7, 11) is 0. The molecule has 4 nitrogen and oxygen atoms in total. The normalized spacial score (nSPS) is 18.4. The molecule has 0 spiro atoms. The van der Waals surface area contributed by atoms with Crippen molar-refractivity contribution < 1.29 is 9.59 Å². The molecule has 0 radical (unpaired) electrons. The molecule has 0 bridgehead atoms. The third kappa shape index (κ3) is 4.21. The zero-order valence-corrected chi connectivity index (χ0v) is 13.2. The average molecular weight is 309 g/mol. The number of hydrogen-bond acceptors (Lipinski definition) is 2. The summed E-state index contributed by atoms with van der Waals surface area (Å²) in [5, 5.41) is 3.55. The van der Waals surface area contributed by atoms with Gasteiger partial charge >= 0.3 is 0 Å². The van der Waals surface area contributed by atoms with E-state index in [-0.39, 0.29) is 24.2 Å². The van der Waals surface area contributed by atoms with Crippen LogP contribution in [0.25, 0.3) is 0 Å². The highest BCUT2D eigenvalue weighted by Gasteiger charge is 2.34. The molecular formula is C16H21ClN2O2. The number of nitrogens with one attached hydrogen (secondary N) is 1. The molecule has 0 aliphatic carbocycles. The van der Waals surface area contributed by atoms with Crippen molar-refractivity contribution in [2.45, 2.75) is 26.7 Å². The molecule has 0 unspecified atom stereocenters. The van der Waals surface area contributed by atoms with E-state index in [1.165, 1.54) is 0 Å². The summed E-state index contributed by atoms with van der Waals surface area (Å²) >= 11 is 5.85. The Morgan fingerprint density at radius 3 is 2.67 bits per heavy atom. The molecule has 1 saturated heterocycles. The Morgan fingerprint density at radius 2 is 2.05 bits per heavy atom. The van der Waals surface area contributed by atoms with Crippen molar-refractivity contribution >= 4 is 29.1 Å². The van der Waals surface area contributed by atoms with Crippen LogP contribution in [0.2, 0.25) is 5.02 Å². The van der Waals surface area contributed by atoms with Gasteiger partial charge in [0.25, 0.3) is 0 Å². The Bertz CT molecular complexity index is 514. The van der Waals surface area contributed by atoms with Crippen LogP contribution in [0.15, 0.2) is 24.3 Å². The van der Waals surface area contributed by atoms with Crippen LogP contribution in [0.5, 0.6) is 0 Å². The van der Waals surface area contributed by atoms with Crippen molar-refractivity contribution in [2.24, 2.45) is 11.8 Å². The predicted molar refractivity (Wildman–Crippen MR) is 84.4 cm³/mol. The molecule has 1 aliphatic rings. The van der Waals surface area contributed by atoms with Gasteiger partial charge in [0, 0.05) is 30.2 Å². The molecule has 1 heterocycles. The van der Waals surface area contributed by atoms with E-state index in [0.717, 1.165) is 12.1 Å². The fourth-order valence-corrected chi connectivity index (χ4v) is 2.51. The van der Waals surface area contributed by atoms with Gasteiger partial charge in [0.05, 0.1) is 5.92 Å². The molecule has 1 N–H and O–H groups in total. The molecule has 5 heteroatoms. The molecule has 1 fully saturated rings. The highest BCUT2D eigenvalue weighted by molar-refractivity contribution is 6.30. The van der Waals surface area contributed by atoms with Gasteiger partial charge in [-0.3, -0.25) is 9.59 Å². The van der Waals surface area contributed by atoms with Crippen molar-refractivity contribution in [2.75, 3.05) is 18.0 Å². The van der Waals surface area contributed by atoms with Gasteiger partial charge in [0.15, 0.2) is 0 Å². The Kier molecular flexibility index (Phi) is 5.23. The van der Waals surface area contributed by atoms with Gasteiger partial charge in [-0.15, -0.1) is 0 Å². The molecule has 1 aliphatic heterocycles. The number of benzene rings is 1. The Balaban J connectivity index is 1.93. The van der Waals surface area contributed by atoms with Gasteiger partial charge in [-0.05, 0) is 36.6 Å². The zero-order chi connectivity index (χ0) is 15.4. The molecule has 0 aromatic heterocycles. The largest absolute Gasteiger partial charge is 0.356 e. The van der Waals surface area contributed by atoms with E-state index in [1.54, 1.807) is 29.2 Å². The lowest BCUT2D eigenvalue weighted by Gasteiger charge is -2.17. The topological polar surface area (TPSA) is 49.4 Å². The molecule has 2 rings (SSSR count). The second kappa shape index (κ2) is 6.94. The minimum absolute atomic E-state index is 0.0127. The molecular weight excluding hydrogens is 288 g/mol. The number of hydrogen-bond donors (Lipinski definition) is 1. The summed E-state index contributed by atoms with van der Waals surface area (Å²) in [5.41, 5.74) is 0.793. The second-order valence-electron chi connectivity index (χ2n) is 5.86. The maximum Gasteiger partial charge on any atom is 0.227 e.